The Labute approximate surface area is 88.7 Å². The number of methoxy groups -OCH3 is 2. The maximum absolute atomic E-state index is 5.55. The van der Waals surface area contributed by atoms with E-state index in [1.54, 1.807) is 14.2 Å². The Morgan fingerprint density at radius 1 is 0.786 bits per heavy atom. The number of hydrogen-bond donors (Lipinski definition) is 0. The third-order valence-electron chi connectivity index (χ3n) is 1.47. The molecule has 14 heavy (non-hydrogen) atoms. The van der Waals surface area contributed by atoms with Crippen LogP contribution in [0, 0.1) is 0 Å². The van der Waals surface area contributed by atoms with Crippen molar-refractivity contribution in [3.63, 3.8) is 0 Å². The van der Waals surface area contributed by atoms with E-state index in [-0.39, 0.29) is 7.43 Å². The molecule has 0 aliphatic carbocycles. The summed E-state index contributed by atoms with van der Waals surface area (Å²) in [6.07, 6.45) is 0. The van der Waals surface area contributed by atoms with Crippen LogP contribution in [0.4, 0.5) is 0 Å². The van der Waals surface area contributed by atoms with E-state index in [0.717, 1.165) is 0 Å². The van der Waals surface area contributed by atoms with E-state index in [2.05, 4.69) is 0 Å². The highest BCUT2D eigenvalue weighted by Gasteiger charge is 2.23. The van der Waals surface area contributed by atoms with Crippen molar-refractivity contribution in [2.24, 2.45) is 0 Å². The molecule has 5 heteroatoms. The molecule has 0 aliphatic heterocycles. The van der Waals surface area contributed by atoms with Crippen molar-refractivity contribution >= 4 is 8.56 Å². The lowest BCUT2D eigenvalue weighted by Crippen LogP contribution is -2.37. The second-order valence-electron chi connectivity index (χ2n) is 3.08. The Balaban J connectivity index is 0. The monoisotopic (exact) mass is 224 g/mol. The third-order valence-corrected chi connectivity index (χ3v) is 3.27. The molecule has 0 amide bonds. The Morgan fingerprint density at radius 2 is 1.14 bits per heavy atom. The van der Waals surface area contributed by atoms with Gasteiger partial charge in [0.1, 0.15) is 0 Å². The molecule has 0 aromatic heterocycles. The highest BCUT2D eigenvalue weighted by atomic mass is 28.4. The smallest absolute Gasteiger partial charge is 0.331 e. The summed E-state index contributed by atoms with van der Waals surface area (Å²) in [5.74, 6) is 0. The van der Waals surface area contributed by atoms with E-state index in [1.807, 2.05) is 13.1 Å². The molecular weight excluding hydrogens is 200 g/mol. The molecule has 0 fully saturated rings. The minimum absolute atomic E-state index is 0. The van der Waals surface area contributed by atoms with Gasteiger partial charge in [-0.25, -0.2) is 0 Å². The van der Waals surface area contributed by atoms with Gasteiger partial charge in [-0.1, -0.05) is 7.43 Å². The minimum Gasteiger partial charge on any atom is -0.392 e. The fraction of sp³-hybridized carbons (Fsp3) is 1.00. The molecule has 0 spiro atoms. The molecule has 4 nitrogen and oxygen atoms in total. The maximum Gasteiger partial charge on any atom is 0.331 e. The molecule has 0 aromatic carbocycles. The van der Waals surface area contributed by atoms with E-state index < -0.39 is 8.56 Å². The number of ether oxygens (including phenoxy) is 2. The van der Waals surface area contributed by atoms with Gasteiger partial charge in [0.25, 0.3) is 0 Å². The Hall–Kier alpha value is 0.0569. The van der Waals surface area contributed by atoms with E-state index in [1.165, 1.54) is 0 Å². The first kappa shape index (κ1) is 16.5. The zero-order valence-electron chi connectivity index (χ0n) is 8.96. The molecule has 0 saturated heterocycles. The Morgan fingerprint density at radius 3 is 1.43 bits per heavy atom. The lowest BCUT2D eigenvalue weighted by molar-refractivity contribution is 0.0913. The van der Waals surface area contributed by atoms with Crippen LogP contribution >= 0.6 is 0 Å². The van der Waals surface area contributed by atoms with Crippen molar-refractivity contribution in [1.82, 2.24) is 0 Å². The van der Waals surface area contributed by atoms with Crippen LogP contribution in [0.2, 0.25) is 13.1 Å². The van der Waals surface area contributed by atoms with Crippen molar-refractivity contribution in [2.45, 2.75) is 20.5 Å². The van der Waals surface area contributed by atoms with Gasteiger partial charge in [0.05, 0.1) is 26.4 Å². The molecule has 0 saturated carbocycles. The van der Waals surface area contributed by atoms with Gasteiger partial charge in [-0.15, -0.1) is 0 Å². The summed E-state index contributed by atoms with van der Waals surface area (Å²) in [6.45, 7) is 6.45. The molecule has 0 radical (unpaired) electrons. The van der Waals surface area contributed by atoms with E-state index in [4.69, 9.17) is 18.3 Å². The summed E-state index contributed by atoms with van der Waals surface area (Å²) in [6, 6.07) is 0. The molecule has 0 rings (SSSR count). The number of hydrogen-bond acceptors (Lipinski definition) is 4. The Bertz CT molecular complexity index is 107. The van der Waals surface area contributed by atoms with Crippen molar-refractivity contribution in [1.29, 1.82) is 0 Å². The maximum atomic E-state index is 5.55. The lowest BCUT2D eigenvalue weighted by atomic mass is 10.8. The van der Waals surface area contributed by atoms with Crippen LogP contribution in [0.3, 0.4) is 0 Å². The minimum atomic E-state index is -1.94. The van der Waals surface area contributed by atoms with Crippen LogP contribution in [-0.4, -0.2) is 49.2 Å². The van der Waals surface area contributed by atoms with Crippen LogP contribution in [0.1, 0.15) is 7.43 Å². The first-order valence-electron chi connectivity index (χ1n) is 4.38. The second kappa shape index (κ2) is 9.61. The van der Waals surface area contributed by atoms with Gasteiger partial charge < -0.3 is 18.3 Å². The van der Waals surface area contributed by atoms with Gasteiger partial charge in [0.15, 0.2) is 0 Å². The van der Waals surface area contributed by atoms with Crippen molar-refractivity contribution < 1.29 is 18.3 Å². The summed E-state index contributed by atoms with van der Waals surface area (Å²) in [5, 5.41) is 0. The van der Waals surface area contributed by atoms with Crippen molar-refractivity contribution in [2.75, 3.05) is 40.6 Å². The van der Waals surface area contributed by atoms with E-state index in [0.29, 0.717) is 26.4 Å². The zero-order chi connectivity index (χ0) is 10.2. The van der Waals surface area contributed by atoms with Crippen LogP contribution in [-0.2, 0) is 18.3 Å². The topological polar surface area (TPSA) is 36.9 Å². The normalized spacial score (nSPS) is 11.1. The van der Waals surface area contributed by atoms with Gasteiger partial charge in [0.2, 0.25) is 0 Å². The van der Waals surface area contributed by atoms with E-state index in [9.17, 15) is 0 Å². The van der Waals surface area contributed by atoms with Crippen LogP contribution in [0.15, 0.2) is 0 Å². The highest BCUT2D eigenvalue weighted by molar-refractivity contribution is 6.64. The fourth-order valence-corrected chi connectivity index (χ4v) is 2.02. The molecule has 88 valence electrons. The lowest BCUT2D eigenvalue weighted by Gasteiger charge is -2.22. The molecule has 0 unspecified atom stereocenters. The standard InChI is InChI=1S/C8H20O4Si.CH4/c1-9-5-7-11-13(3,4)12-8-6-10-2;/h5-8H2,1-4H3;1H4. The predicted molar refractivity (Wildman–Crippen MR) is 59.9 cm³/mol. The number of rotatable bonds is 8. The molecule has 0 atom stereocenters. The van der Waals surface area contributed by atoms with Gasteiger partial charge >= 0.3 is 8.56 Å². The second-order valence-corrected chi connectivity index (χ2v) is 6.46. The van der Waals surface area contributed by atoms with Crippen LogP contribution < -0.4 is 0 Å². The third kappa shape index (κ3) is 10.1. The zero-order valence-corrected chi connectivity index (χ0v) is 9.96. The summed E-state index contributed by atoms with van der Waals surface area (Å²) in [4.78, 5) is 0. The molecule has 0 bridgehead atoms. The van der Waals surface area contributed by atoms with Gasteiger partial charge in [-0.3, -0.25) is 0 Å². The first-order chi connectivity index (χ1) is 6.12. The summed E-state index contributed by atoms with van der Waals surface area (Å²) >= 11 is 0. The largest absolute Gasteiger partial charge is 0.392 e. The Kier molecular flexibility index (Phi) is 11.3. The SMILES string of the molecule is C.COCCO[Si](C)(C)OCCOC. The molecule has 0 aromatic rings. The average molecular weight is 224 g/mol. The summed E-state index contributed by atoms with van der Waals surface area (Å²) in [5.41, 5.74) is 0. The van der Waals surface area contributed by atoms with Crippen molar-refractivity contribution in [3.8, 4) is 0 Å². The molecule has 0 N–H and O–H groups in total. The highest BCUT2D eigenvalue weighted by Crippen LogP contribution is 2.05. The van der Waals surface area contributed by atoms with Gasteiger partial charge in [-0.05, 0) is 13.1 Å². The molecular formula is C9H24O4Si. The molecule has 0 aliphatic rings. The van der Waals surface area contributed by atoms with Crippen LogP contribution in [0.25, 0.3) is 0 Å². The average Bonchev–Trinajstić information content (AvgIpc) is 2.05. The predicted octanol–water partition coefficient (Wildman–Crippen LogP) is 1.65. The van der Waals surface area contributed by atoms with Crippen molar-refractivity contribution in [3.05, 3.63) is 0 Å². The first-order valence-corrected chi connectivity index (χ1v) is 7.20. The fourth-order valence-electron chi connectivity index (χ4n) is 0.783. The van der Waals surface area contributed by atoms with E-state index >= 15 is 0 Å². The summed E-state index contributed by atoms with van der Waals surface area (Å²) in [7, 11) is 1.38. The molecule has 0 heterocycles. The van der Waals surface area contributed by atoms with Crippen LogP contribution in [0.5, 0.6) is 0 Å². The quantitative estimate of drug-likeness (QED) is 0.464. The van der Waals surface area contributed by atoms with Gasteiger partial charge in [0, 0.05) is 14.2 Å². The summed E-state index contributed by atoms with van der Waals surface area (Å²) < 4.78 is 20.9. The van der Waals surface area contributed by atoms with Gasteiger partial charge in [-0.2, -0.15) is 0 Å².